The lowest BCUT2D eigenvalue weighted by Gasteiger charge is -2.36. The Balaban J connectivity index is -0.000000645. The van der Waals surface area contributed by atoms with Crippen LogP contribution in [0.5, 0.6) is 0 Å². The molecule has 11 N–H and O–H groups in total. The van der Waals surface area contributed by atoms with E-state index in [9.17, 15) is 24.0 Å². The molecule has 748 valence electrons. The molecule has 0 spiro atoms. The van der Waals surface area contributed by atoms with E-state index in [0.29, 0.717) is 39.9 Å². The van der Waals surface area contributed by atoms with Crippen LogP contribution < -0.4 is 43.8 Å². The van der Waals surface area contributed by atoms with E-state index in [4.69, 9.17) is 36.1 Å². The van der Waals surface area contributed by atoms with E-state index in [2.05, 4.69) is 243 Å². The third kappa shape index (κ3) is 69.5. The number of likely N-dealkylation sites (tertiary alicyclic amines) is 2. The number of amides is 4. The number of Topliss-reactive ketones (excluding diaryl/α,β-unsaturated/α-hetero) is 1. The lowest BCUT2D eigenvalue weighted by Crippen LogP contribution is -2.52. The number of nitrogens with one attached hydrogen (secondary N) is 5. The Bertz CT molecular complexity index is 2780. The molecule has 0 aromatic heterocycles. The van der Waals surface area contributed by atoms with E-state index in [1.807, 2.05) is 95.0 Å². The maximum absolute atomic E-state index is 11.0. The number of primary amides is 3. The van der Waals surface area contributed by atoms with Gasteiger partial charge >= 0.3 is 0 Å². The molecule has 2 aliphatic carbocycles. The molecule has 4 amide bonds. The van der Waals surface area contributed by atoms with Gasteiger partial charge in [-0.05, 0) is 378 Å². The van der Waals surface area contributed by atoms with Crippen molar-refractivity contribution in [3.8, 4) is 0 Å². The van der Waals surface area contributed by atoms with Gasteiger partial charge in [-0.15, -0.1) is 0 Å². The number of nitrogens with zero attached hydrogens (tertiary/aromatic N) is 7. The van der Waals surface area contributed by atoms with E-state index in [1.54, 1.807) is 28.1 Å². The predicted molar refractivity (Wildman–Crippen MR) is 535 cm³/mol. The Labute approximate surface area is 774 Å². The van der Waals surface area contributed by atoms with Crippen molar-refractivity contribution >= 4 is 29.4 Å². The van der Waals surface area contributed by atoms with Gasteiger partial charge in [0, 0.05) is 166 Å². The van der Waals surface area contributed by atoms with Crippen LogP contribution in [0, 0.1) is 29.6 Å². The number of rotatable bonds is 21. The van der Waals surface area contributed by atoms with Crippen LogP contribution in [-0.2, 0) is 42.9 Å². The number of hydrogen-bond acceptors (Lipinski definition) is 20. The summed E-state index contributed by atoms with van der Waals surface area (Å²) >= 11 is 0. The molecule has 0 aromatic carbocycles. The summed E-state index contributed by atoms with van der Waals surface area (Å²) in [5, 5.41) is 16.2. The molecule has 5 aliphatic heterocycles. The monoisotopic (exact) mass is 1780 g/mol. The molecule has 0 radical (unpaired) electrons. The molecule has 7 fully saturated rings. The molecule has 5 saturated heterocycles. The van der Waals surface area contributed by atoms with Crippen molar-refractivity contribution in [2.75, 3.05) is 147 Å². The highest BCUT2D eigenvalue weighted by Gasteiger charge is 2.34. The first kappa shape index (κ1) is 128. The molecular weight excluding hydrogens is 1570 g/mol. The molecule has 125 heavy (non-hydrogen) atoms. The number of hydrogen-bond donors (Lipinski definition) is 8. The number of ketones is 1. The highest BCUT2D eigenvalue weighted by molar-refractivity contribution is 5.80. The Morgan fingerprint density at radius 1 is 0.496 bits per heavy atom. The zero-order chi connectivity index (χ0) is 98.5. The van der Waals surface area contributed by atoms with Gasteiger partial charge in [0.05, 0.1) is 44.6 Å². The van der Waals surface area contributed by atoms with Crippen LogP contribution in [0.2, 0.25) is 0 Å². The molecule has 0 bridgehead atoms. The fraction of sp³-hybridized carbons (Fsp3) is 0.950. The summed E-state index contributed by atoms with van der Waals surface area (Å²) < 4.78 is 20.8. The van der Waals surface area contributed by atoms with Crippen LogP contribution in [0.25, 0.3) is 0 Å². The summed E-state index contributed by atoms with van der Waals surface area (Å²) in [7, 11) is 12.0. The summed E-state index contributed by atoms with van der Waals surface area (Å²) in [5.74, 6) is 2.90. The Kier molecular flexibility index (Phi) is 62.5. The minimum Gasteiger partial charge on any atom is -0.384 e. The normalized spacial score (nSPS) is 20.6. The van der Waals surface area contributed by atoms with Crippen LogP contribution in [0.15, 0.2) is 0 Å². The maximum Gasteiger partial charge on any atom is 0.234 e. The van der Waals surface area contributed by atoms with Gasteiger partial charge in [0.2, 0.25) is 23.6 Å². The van der Waals surface area contributed by atoms with Crippen molar-refractivity contribution in [2.24, 2.45) is 46.8 Å². The van der Waals surface area contributed by atoms with Gasteiger partial charge < -0.3 is 72.4 Å². The number of ether oxygens (including phenoxy) is 4. The molecule has 24 heteroatoms. The van der Waals surface area contributed by atoms with Crippen molar-refractivity contribution in [2.45, 2.75) is 451 Å². The minimum absolute atomic E-state index is 0.00551. The quantitative estimate of drug-likeness (QED) is 0.0530. The number of likely N-dealkylation sites (N-methyl/N-ethyl adjacent to an activating group) is 2. The van der Waals surface area contributed by atoms with Gasteiger partial charge in [0.25, 0.3) is 0 Å². The Hall–Kier alpha value is -3.05. The van der Waals surface area contributed by atoms with E-state index in [0.717, 1.165) is 121 Å². The molecule has 7 unspecified atom stereocenters. The topological polar surface area (TPSA) is 283 Å². The van der Waals surface area contributed by atoms with Gasteiger partial charge in [-0.1, -0.05) is 39.5 Å². The highest BCUT2D eigenvalue weighted by Crippen LogP contribution is 2.30. The minimum atomic E-state index is -0.310. The summed E-state index contributed by atoms with van der Waals surface area (Å²) in [6.07, 6.45) is 18.8. The van der Waals surface area contributed by atoms with Crippen molar-refractivity contribution in [3.63, 3.8) is 0 Å². The molecule has 0 aromatic rings. The number of methoxy groups -OCH3 is 2. The second-order valence-electron chi connectivity index (χ2n) is 48.2. The van der Waals surface area contributed by atoms with E-state index in [1.165, 1.54) is 110 Å². The molecule has 7 atom stereocenters. The lowest BCUT2D eigenvalue weighted by atomic mass is 9.99. The first-order chi connectivity index (χ1) is 56.4. The van der Waals surface area contributed by atoms with Crippen molar-refractivity contribution < 1.29 is 42.9 Å². The van der Waals surface area contributed by atoms with Crippen LogP contribution >= 0.6 is 0 Å². The van der Waals surface area contributed by atoms with Crippen molar-refractivity contribution in [1.29, 1.82) is 0 Å². The average molecular weight is 1780 g/mol. The molecule has 7 aliphatic rings. The second-order valence-corrected chi connectivity index (χ2v) is 48.2. The van der Waals surface area contributed by atoms with E-state index >= 15 is 0 Å². The summed E-state index contributed by atoms with van der Waals surface area (Å²) in [6.45, 7) is 97.4. The van der Waals surface area contributed by atoms with Gasteiger partial charge in [0.1, 0.15) is 5.78 Å². The molecule has 7 rings (SSSR count). The largest absolute Gasteiger partial charge is 0.384 e. The Morgan fingerprint density at radius 3 is 1.26 bits per heavy atom. The molecule has 24 nitrogen and oxygen atoms in total. The number of carbonyl (C=O) groups is 5. The molecule has 5 heterocycles. The first-order valence-corrected chi connectivity index (χ1v) is 48.4. The first-order valence-electron chi connectivity index (χ1n) is 48.4. The lowest BCUT2D eigenvalue weighted by molar-refractivity contribution is -0.124. The highest BCUT2D eigenvalue weighted by atomic mass is 16.5. The van der Waals surface area contributed by atoms with Crippen LogP contribution in [0.1, 0.15) is 359 Å². The summed E-state index contributed by atoms with van der Waals surface area (Å²) in [4.78, 5) is 70.7. The summed E-state index contributed by atoms with van der Waals surface area (Å²) in [6, 6.07) is 0.981. The zero-order valence-corrected chi connectivity index (χ0v) is 90.7. The maximum atomic E-state index is 11.0. The van der Waals surface area contributed by atoms with Crippen LogP contribution in [-0.4, -0.2) is 302 Å². The van der Waals surface area contributed by atoms with Gasteiger partial charge in [-0.2, -0.15) is 0 Å². The van der Waals surface area contributed by atoms with Crippen LogP contribution in [0.3, 0.4) is 0 Å². The predicted octanol–water partition coefficient (Wildman–Crippen LogP) is 16.1. The van der Waals surface area contributed by atoms with Crippen molar-refractivity contribution in [1.82, 2.24) is 60.9 Å². The van der Waals surface area contributed by atoms with E-state index < -0.39 is 0 Å². The smallest absolute Gasteiger partial charge is 0.234 e. The number of nitrogens with two attached hydrogens (primary N) is 3. The third-order valence-corrected chi connectivity index (χ3v) is 24.1. The summed E-state index contributed by atoms with van der Waals surface area (Å²) in [5.41, 5.74) is 17.6. The zero-order valence-electron chi connectivity index (χ0n) is 90.7. The Morgan fingerprint density at radius 2 is 0.944 bits per heavy atom. The van der Waals surface area contributed by atoms with Gasteiger partial charge in [-0.25, -0.2) is 0 Å². The number of carbonyl (C=O) groups excluding carboxylic acids is 5. The van der Waals surface area contributed by atoms with E-state index in [-0.39, 0.29) is 80.9 Å². The fourth-order valence-corrected chi connectivity index (χ4v) is 14.5. The van der Waals surface area contributed by atoms with Gasteiger partial charge in [0.15, 0.2) is 0 Å². The fourth-order valence-electron chi connectivity index (χ4n) is 14.5. The standard InChI is InChI=1S/C12H23NO.2C10H21NO.C10H21N.C9H18N2O.C9H20N2O.C9H19NO.C9H19N.C8H18N2O.C8H19NO.C7H16N2O/c1-10(14)5-6-11-7-8-13(9-11)12(2,3)4;1-10(2,3)11-6-5-9(7-11)8-12-4;1-10(2,3)11(4)7-9-5-6-12-8-9;1-10(2,3)11(4)9-7-5-6-8-9;1-9(2,3)11-6-4-8(12)10-5-7-11;1-6(2)7(8(10)12)11-9(3,4)5;1-9(2,3)10-6-8-4-5-11-7-8;1-9(2,3)10-8-6-4-5-7-8;1-6(7(9)11)10(5)8(2,3)4;1-8(2,3)9(4)6-7-10-5;1-5(6(8)10)9-7(2,3)4/h11H,5-9H2,1-4H3;2*9H,5-8H2,1-4H3;9H,5-8H2,1-4H3;4-7H2,1-3H3,(H,10,12);6-7,11H,1-5H3,(H2,10,12);8,10H,4-7H2,1-3H3;8,10H,4-7H2,1-3H3;6H,1-5H3,(H2,9,11);6-7H2,1-5H3;5,9H,1-4H3,(H2,8,10). The van der Waals surface area contributed by atoms with Crippen LogP contribution in [0.4, 0.5) is 0 Å². The van der Waals surface area contributed by atoms with Crippen molar-refractivity contribution in [3.05, 3.63) is 0 Å². The second kappa shape index (κ2) is 61.0. The SMILES string of the molecule is CC(=O)CCC1CCN(C(C)(C)C)C1.CC(C(N)=O)N(C)C(C)(C)C.CC(C)(C)N1CCNC(=O)CC1.CC(C)(C)NC1CCCC1.CC(C)(C)NCC1CCOC1.CC(C)C(NC(C)(C)C)C(N)=O.CC(NC(C)(C)C)C(N)=O.CN(C1CCCC1)C(C)(C)C.CN(CC1CCOC1)C(C)(C)C.COCC1CCN(C(C)(C)C)C1.COCCN(C)C(C)(C)C. The van der Waals surface area contributed by atoms with Gasteiger partial charge in [-0.3, -0.25) is 48.6 Å². The third-order valence-electron chi connectivity index (χ3n) is 24.1. The average Bonchev–Trinajstić information content (AvgIpc) is 1.67. The molecular formula is C101H215N15O9. The molecule has 2 saturated carbocycles.